The van der Waals surface area contributed by atoms with Crippen molar-refractivity contribution in [3.05, 3.63) is 107 Å². The maximum absolute atomic E-state index is 13.2. The molecule has 0 saturated carbocycles. The van der Waals surface area contributed by atoms with Gasteiger partial charge in [0.05, 0.1) is 12.6 Å². The van der Waals surface area contributed by atoms with Crippen LogP contribution >= 0.6 is 0 Å². The van der Waals surface area contributed by atoms with Crippen molar-refractivity contribution in [1.29, 1.82) is 0 Å². The van der Waals surface area contributed by atoms with Gasteiger partial charge in [0.1, 0.15) is 0 Å². The molecular formula is C29H29N3O3. The fraction of sp³-hybridized carbons (Fsp3) is 0.276. The van der Waals surface area contributed by atoms with Crippen molar-refractivity contribution in [3.8, 4) is 0 Å². The number of nitrogens with zero attached hydrogens (tertiary/aromatic N) is 3. The Kier molecular flexibility index (Phi) is 6.73. The van der Waals surface area contributed by atoms with Gasteiger partial charge in [-0.3, -0.25) is 24.2 Å². The molecule has 3 aromatic rings. The molecule has 0 radical (unpaired) electrons. The van der Waals surface area contributed by atoms with Gasteiger partial charge in [-0.1, -0.05) is 72.8 Å². The van der Waals surface area contributed by atoms with E-state index in [1.165, 1.54) is 16.0 Å². The summed E-state index contributed by atoms with van der Waals surface area (Å²) in [4.78, 5) is 42.6. The van der Waals surface area contributed by atoms with Gasteiger partial charge in [-0.15, -0.1) is 0 Å². The molecule has 2 aliphatic heterocycles. The molecule has 0 aliphatic carbocycles. The van der Waals surface area contributed by atoms with Gasteiger partial charge in [-0.2, -0.15) is 0 Å². The zero-order chi connectivity index (χ0) is 24.2. The average molecular weight is 468 g/mol. The summed E-state index contributed by atoms with van der Waals surface area (Å²) in [5, 5.41) is 0. The molecule has 0 N–H and O–H groups in total. The second-order valence-corrected chi connectivity index (χ2v) is 9.12. The molecular weight excluding hydrogens is 438 g/mol. The molecule has 6 heteroatoms. The number of hydrogen-bond acceptors (Lipinski definition) is 4. The van der Waals surface area contributed by atoms with Crippen LogP contribution in [0.4, 0.5) is 0 Å². The van der Waals surface area contributed by atoms with Gasteiger partial charge in [0.25, 0.3) is 5.91 Å². The quantitative estimate of drug-likeness (QED) is 0.516. The normalized spacial score (nSPS) is 16.8. The fourth-order valence-corrected chi connectivity index (χ4v) is 4.99. The van der Waals surface area contributed by atoms with Crippen LogP contribution in [0.25, 0.3) is 0 Å². The molecule has 3 aromatic carbocycles. The Labute approximate surface area is 205 Å². The van der Waals surface area contributed by atoms with Crippen molar-refractivity contribution in [2.75, 3.05) is 26.2 Å². The lowest BCUT2D eigenvalue weighted by Gasteiger charge is -2.39. The predicted octanol–water partition coefficient (Wildman–Crippen LogP) is 3.88. The Hall–Kier alpha value is -3.77. The second-order valence-electron chi connectivity index (χ2n) is 9.12. The first kappa shape index (κ1) is 23.0. The minimum absolute atomic E-state index is 0.0143. The van der Waals surface area contributed by atoms with E-state index in [9.17, 15) is 14.4 Å². The van der Waals surface area contributed by atoms with Gasteiger partial charge in [0.2, 0.25) is 11.8 Å². The predicted molar refractivity (Wildman–Crippen MR) is 133 cm³/mol. The van der Waals surface area contributed by atoms with Crippen LogP contribution in [-0.2, 0) is 16.1 Å². The highest BCUT2D eigenvalue weighted by Crippen LogP contribution is 2.29. The van der Waals surface area contributed by atoms with Crippen molar-refractivity contribution in [2.45, 2.75) is 25.4 Å². The van der Waals surface area contributed by atoms with Gasteiger partial charge in [0, 0.05) is 44.6 Å². The Morgan fingerprint density at radius 1 is 0.686 bits per heavy atom. The third kappa shape index (κ3) is 5.03. The topological polar surface area (TPSA) is 60.9 Å². The number of amides is 3. The lowest BCUT2D eigenvalue weighted by atomic mass is 9.96. The molecule has 6 nitrogen and oxygen atoms in total. The monoisotopic (exact) mass is 467 g/mol. The Balaban J connectivity index is 1.24. The highest BCUT2D eigenvalue weighted by molar-refractivity contribution is 6.01. The molecule has 5 rings (SSSR count). The fourth-order valence-electron chi connectivity index (χ4n) is 4.99. The lowest BCUT2D eigenvalue weighted by Crippen LogP contribution is -2.49. The van der Waals surface area contributed by atoms with E-state index >= 15 is 0 Å². The van der Waals surface area contributed by atoms with Crippen LogP contribution in [0, 0.1) is 0 Å². The molecule has 0 atom stereocenters. The van der Waals surface area contributed by atoms with Gasteiger partial charge in [0.15, 0.2) is 0 Å². The summed E-state index contributed by atoms with van der Waals surface area (Å²) in [6, 6.07) is 28.5. The van der Waals surface area contributed by atoms with Gasteiger partial charge >= 0.3 is 0 Å². The molecule has 2 heterocycles. The number of rotatable bonds is 6. The van der Waals surface area contributed by atoms with Crippen LogP contribution in [0.5, 0.6) is 0 Å². The molecule has 3 amide bonds. The molecule has 35 heavy (non-hydrogen) atoms. The van der Waals surface area contributed by atoms with Crippen LogP contribution in [0.15, 0.2) is 84.9 Å². The van der Waals surface area contributed by atoms with Crippen LogP contribution in [0.3, 0.4) is 0 Å². The number of benzene rings is 3. The van der Waals surface area contributed by atoms with E-state index in [2.05, 4.69) is 53.4 Å². The first-order valence-corrected chi connectivity index (χ1v) is 12.2. The standard InChI is InChI=1S/C29H29N3O3/c33-26-15-16-27(34)32(26)21-22-11-13-25(14-12-22)29(35)31-19-17-30(18-20-31)28(23-7-3-1-4-8-23)24-9-5-2-6-10-24/h1-14,28H,15-21H2. The average Bonchev–Trinajstić information content (AvgIpc) is 3.23. The van der Waals surface area contributed by atoms with Crippen molar-refractivity contribution < 1.29 is 14.4 Å². The maximum Gasteiger partial charge on any atom is 0.253 e. The molecule has 2 saturated heterocycles. The largest absolute Gasteiger partial charge is 0.336 e. The third-order valence-electron chi connectivity index (χ3n) is 6.89. The van der Waals surface area contributed by atoms with Gasteiger partial charge in [-0.05, 0) is 28.8 Å². The highest BCUT2D eigenvalue weighted by atomic mass is 16.2. The molecule has 178 valence electrons. The van der Waals surface area contributed by atoms with Crippen LogP contribution < -0.4 is 0 Å². The number of piperazine rings is 1. The molecule has 0 bridgehead atoms. The Bertz CT molecular complexity index is 1130. The van der Waals surface area contributed by atoms with Crippen LogP contribution in [-0.4, -0.2) is 58.6 Å². The van der Waals surface area contributed by atoms with Crippen molar-refractivity contribution in [2.24, 2.45) is 0 Å². The van der Waals surface area contributed by atoms with Crippen molar-refractivity contribution in [3.63, 3.8) is 0 Å². The SMILES string of the molecule is O=C(c1ccc(CN2C(=O)CCC2=O)cc1)N1CCN(C(c2ccccc2)c2ccccc2)CC1. The molecule has 0 unspecified atom stereocenters. The lowest BCUT2D eigenvalue weighted by molar-refractivity contribution is -0.139. The number of carbonyl (C=O) groups excluding carboxylic acids is 3. The van der Waals surface area contributed by atoms with Crippen molar-refractivity contribution in [1.82, 2.24) is 14.7 Å². The Morgan fingerprint density at radius 2 is 1.20 bits per heavy atom. The van der Waals surface area contributed by atoms with E-state index in [0.717, 1.165) is 18.7 Å². The zero-order valence-electron chi connectivity index (χ0n) is 19.7. The van der Waals surface area contributed by atoms with E-state index in [1.54, 1.807) is 12.1 Å². The summed E-state index contributed by atoms with van der Waals surface area (Å²) in [5.41, 5.74) is 3.99. The number of hydrogen-bond donors (Lipinski definition) is 0. The van der Waals surface area contributed by atoms with Crippen LogP contribution in [0.2, 0.25) is 0 Å². The Morgan fingerprint density at radius 3 is 1.71 bits per heavy atom. The molecule has 2 aliphatic rings. The van der Waals surface area contributed by atoms with E-state index < -0.39 is 0 Å². The first-order valence-electron chi connectivity index (χ1n) is 12.2. The maximum atomic E-state index is 13.2. The van der Waals surface area contributed by atoms with Crippen LogP contribution in [0.1, 0.15) is 45.9 Å². The number of imide groups is 1. The smallest absolute Gasteiger partial charge is 0.253 e. The molecule has 0 aromatic heterocycles. The van der Waals surface area contributed by atoms with E-state index in [1.807, 2.05) is 29.2 Å². The second kappa shape index (κ2) is 10.2. The molecule has 2 fully saturated rings. The summed E-state index contributed by atoms with van der Waals surface area (Å²) in [6.07, 6.45) is 0.577. The van der Waals surface area contributed by atoms with E-state index in [0.29, 0.717) is 18.7 Å². The number of likely N-dealkylation sites (tertiary alicyclic amines) is 1. The minimum atomic E-state index is -0.127. The summed E-state index contributed by atoms with van der Waals surface area (Å²) in [5.74, 6) is -0.241. The molecule has 0 spiro atoms. The van der Waals surface area contributed by atoms with E-state index in [-0.39, 0.29) is 43.1 Å². The van der Waals surface area contributed by atoms with Gasteiger partial charge in [-0.25, -0.2) is 0 Å². The first-order chi connectivity index (χ1) is 17.1. The summed E-state index contributed by atoms with van der Waals surface area (Å²) in [6.45, 7) is 3.17. The third-order valence-corrected chi connectivity index (χ3v) is 6.89. The summed E-state index contributed by atoms with van der Waals surface area (Å²) >= 11 is 0. The summed E-state index contributed by atoms with van der Waals surface area (Å²) in [7, 11) is 0. The van der Waals surface area contributed by atoms with Gasteiger partial charge < -0.3 is 4.90 Å². The number of carbonyl (C=O) groups is 3. The summed E-state index contributed by atoms with van der Waals surface area (Å²) < 4.78 is 0. The zero-order valence-corrected chi connectivity index (χ0v) is 19.7. The highest BCUT2D eigenvalue weighted by Gasteiger charge is 2.30. The minimum Gasteiger partial charge on any atom is -0.336 e. The van der Waals surface area contributed by atoms with Crippen molar-refractivity contribution >= 4 is 17.7 Å². The van der Waals surface area contributed by atoms with E-state index in [4.69, 9.17) is 0 Å².